The maximum Gasteiger partial charge on any atom is 0.310 e. The van der Waals surface area contributed by atoms with Crippen molar-refractivity contribution in [1.82, 2.24) is 5.32 Å². The number of esters is 1. The summed E-state index contributed by atoms with van der Waals surface area (Å²) >= 11 is 0. The molecule has 14 heavy (non-hydrogen) atoms. The number of ether oxygens (including phenoxy) is 2. The summed E-state index contributed by atoms with van der Waals surface area (Å²) in [6.07, 6.45) is 1.94. The third-order valence-corrected chi connectivity index (χ3v) is 3.54. The summed E-state index contributed by atoms with van der Waals surface area (Å²) in [4.78, 5) is 11.6. The van der Waals surface area contributed by atoms with Crippen LogP contribution < -0.4 is 5.32 Å². The molecule has 2 heterocycles. The second kappa shape index (κ2) is 3.87. The summed E-state index contributed by atoms with van der Waals surface area (Å²) in [6.45, 7) is 3.23. The Hall–Kier alpha value is -0.610. The van der Waals surface area contributed by atoms with Crippen molar-refractivity contribution in [3.05, 3.63) is 0 Å². The van der Waals surface area contributed by atoms with Crippen LogP contribution >= 0.6 is 0 Å². The predicted molar refractivity (Wildman–Crippen MR) is 50.9 cm³/mol. The van der Waals surface area contributed by atoms with Crippen molar-refractivity contribution in [2.24, 2.45) is 11.3 Å². The van der Waals surface area contributed by atoms with Gasteiger partial charge in [0, 0.05) is 31.7 Å². The normalized spacial score (nSPS) is 30.5. The van der Waals surface area contributed by atoms with Gasteiger partial charge in [-0.15, -0.1) is 0 Å². The van der Waals surface area contributed by atoms with Crippen LogP contribution in [0.1, 0.15) is 12.8 Å². The van der Waals surface area contributed by atoms with E-state index in [1.54, 1.807) is 0 Å². The molecule has 1 spiro atoms. The summed E-state index contributed by atoms with van der Waals surface area (Å²) in [5.74, 6) is -0.0479. The fraction of sp³-hybridized carbons (Fsp3) is 0.900. The molecule has 80 valence electrons. The number of hydrogen-bond acceptors (Lipinski definition) is 4. The minimum atomic E-state index is -0.0723. The fourth-order valence-corrected chi connectivity index (χ4v) is 2.58. The van der Waals surface area contributed by atoms with Gasteiger partial charge in [0.25, 0.3) is 0 Å². The van der Waals surface area contributed by atoms with Gasteiger partial charge < -0.3 is 14.8 Å². The molecule has 2 aliphatic heterocycles. The first-order chi connectivity index (χ1) is 6.78. The number of hydrogen-bond donors (Lipinski definition) is 1. The molecular weight excluding hydrogens is 182 g/mol. The third-order valence-electron chi connectivity index (χ3n) is 3.54. The Morgan fingerprint density at radius 2 is 2.21 bits per heavy atom. The smallest absolute Gasteiger partial charge is 0.310 e. The molecule has 0 unspecified atom stereocenters. The van der Waals surface area contributed by atoms with Crippen molar-refractivity contribution < 1.29 is 14.3 Å². The van der Waals surface area contributed by atoms with Crippen LogP contribution in [0.15, 0.2) is 0 Å². The Balaban J connectivity index is 2.11. The largest absolute Gasteiger partial charge is 0.469 e. The van der Waals surface area contributed by atoms with Gasteiger partial charge in [-0.2, -0.15) is 0 Å². The van der Waals surface area contributed by atoms with Crippen LogP contribution in [0.3, 0.4) is 0 Å². The highest BCUT2D eigenvalue weighted by molar-refractivity contribution is 5.74. The zero-order valence-corrected chi connectivity index (χ0v) is 8.54. The number of carbonyl (C=O) groups is 1. The molecule has 4 nitrogen and oxygen atoms in total. The van der Waals surface area contributed by atoms with Gasteiger partial charge in [0.2, 0.25) is 0 Å². The molecule has 0 aliphatic carbocycles. The van der Waals surface area contributed by atoms with Crippen molar-refractivity contribution >= 4 is 5.97 Å². The average Bonchev–Trinajstić information content (AvgIpc) is 2.62. The van der Waals surface area contributed by atoms with Crippen LogP contribution in [-0.4, -0.2) is 39.4 Å². The number of rotatable bonds is 1. The molecule has 0 aromatic carbocycles. The molecular formula is C10H17NO3. The first-order valence-corrected chi connectivity index (χ1v) is 5.15. The summed E-state index contributed by atoms with van der Waals surface area (Å²) < 4.78 is 10.2. The van der Waals surface area contributed by atoms with E-state index in [1.165, 1.54) is 7.11 Å². The number of methoxy groups -OCH3 is 1. The molecule has 1 atom stereocenters. The maximum atomic E-state index is 11.6. The van der Waals surface area contributed by atoms with E-state index in [0.29, 0.717) is 0 Å². The van der Waals surface area contributed by atoms with Crippen LogP contribution in [0.25, 0.3) is 0 Å². The van der Waals surface area contributed by atoms with Gasteiger partial charge in [-0.3, -0.25) is 4.79 Å². The summed E-state index contributed by atoms with van der Waals surface area (Å²) in [7, 11) is 1.47. The van der Waals surface area contributed by atoms with E-state index in [1.807, 2.05) is 0 Å². The van der Waals surface area contributed by atoms with Crippen LogP contribution in [0.5, 0.6) is 0 Å². The van der Waals surface area contributed by atoms with Crippen molar-refractivity contribution in [1.29, 1.82) is 0 Å². The number of carbonyl (C=O) groups excluding carboxylic acids is 1. The molecule has 0 aromatic heterocycles. The van der Waals surface area contributed by atoms with E-state index >= 15 is 0 Å². The highest BCUT2D eigenvalue weighted by Gasteiger charge is 2.47. The first kappa shape index (κ1) is 9.93. The third kappa shape index (κ3) is 1.53. The molecule has 2 rings (SSSR count). The van der Waals surface area contributed by atoms with Gasteiger partial charge in [-0.25, -0.2) is 0 Å². The second-order valence-electron chi connectivity index (χ2n) is 4.18. The van der Waals surface area contributed by atoms with E-state index in [2.05, 4.69) is 5.32 Å². The fourth-order valence-electron chi connectivity index (χ4n) is 2.58. The Morgan fingerprint density at radius 1 is 1.50 bits per heavy atom. The molecule has 1 N–H and O–H groups in total. The zero-order chi connectivity index (χ0) is 10.0. The molecule has 4 heteroatoms. The lowest BCUT2D eigenvalue weighted by Crippen LogP contribution is -2.40. The van der Waals surface area contributed by atoms with E-state index < -0.39 is 0 Å². The van der Waals surface area contributed by atoms with Crippen molar-refractivity contribution in [3.63, 3.8) is 0 Å². The molecule has 2 saturated heterocycles. The van der Waals surface area contributed by atoms with Crippen LogP contribution in [0.4, 0.5) is 0 Å². The molecule has 0 amide bonds. The molecule has 2 aliphatic rings. The maximum absolute atomic E-state index is 11.6. The van der Waals surface area contributed by atoms with Gasteiger partial charge >= 0.3 is 5.97 Å². The lowest BCUT2D eigenvalue weighted by atomic mass is 9.72. The SMILES string of the molecule is COC(=O)[C@H]1CNCC12CCOCC2. The van der Waals surface area contributed by atoms with Gasteiger partial charge in [0.1, 0.15) is 0 Å². The topological polar surface area (TPSA) is 47.6 Å². The number of nitrogens with one attached hydrogen (secondary N) is 1. The van der Waals surface area contributed by atoms with Gasteiger partial charge in [0.05, 0.1) is 13.0 Å². The Morgan fingerprint density at radius 3 is 2.86 bits per heavy atom. The lowest BCUT2D eigenvalue weighted by molar-refractivity contribution is -0.150. The molecule has 0 aromatic rings. The molecule has 0 bridgehead atoms. The van der Waals surface area contributed by atoms with Crippen LogP contribution in [-0.2, 0) is 14.3 Å². The lowest BCUT2D eigenvalue weighted by Gasteiger charge is -2.36. The first-order valence-electron chi connectivity index (χ1n) is 5.15. The monoisotopic (exact) mass is 199 g/mol. The zero-order valence-electron chi connectivity index (χ0n) is 8.54. The minimum absolute atomic E-state index is 0.0244. The quantitative estimate of drug-likeness (QED) is 0.612. The van der Waals surface area contributed by atoms with Crippen molar-refractivity contribution in [3.8, 4) is 0 Å². The van der Waals surface area contributed by atoms with Crippen LogP contribution in [0.2, 0.25) is 0 Å². The van der Waals surface area contributed by atoms with Gasteiger partial charge in [-0.1, -0.05) is 0 Å². The standard InChI is InChI=1S/C10H17NO3/c1-13-9(12)8-6-11-7-10(8)2-4-14-5-3-10/h8,11H,2-7H2,1H3/t8-/m1/s1. The predicted octanol–water partition coefficient (Wildman–Crippen LogP) is 0.176. The Kier molecular flexibility index (Phi) is 2.74. The van der Waals surface area contributed by atoms with E-state index in [0.717, 1.165) is 39.1 Å². The van der Waals surface area contributed by atoms with Crippen molar-refractivity contribution in [2.75, 3.05) is 33.4 Å². The Labute approximate surface area is 84.0 Å². The highest BCUT2D eigenvalue weighted by atomic mass is 16.5. The van der Waals surface area contributed by atoms with E-state index in [4.69, 9.17) is 9.47 Å². The summed E-state index contributed by atoms with van der Waals surface area (Å²) in [5, 5.41) is 3.29. The van der Waals surface area contributed by atoms with E-state index in [9.17, 15) is 4.79 Å². The molecule has 0 saturated carbocycles. The van der Waals surface area contributed by atoms with E-state index in [-0.39, 0.29) is 17.3 Å². The van der Waals surface area contributed by atoms with Gasteiger partial charge in [-0.05, 0) is 12.8 Å². The average molecular weight is 199 g/mol. The minimum Gasteiger partial charge on any atom is -0.469 e. The second-order valence-corrected chi connectivity index (χ2v) is 4.18. The van der Waals surface area contributed by atoms with Crippen LogP contribution in [0, 0.1) is 11.3 Å². The van der Waals surface area contributed by atoms with Crippen molar-refractivity contribution in [2.45, 2.75) is 12.8 Å². The summed E-state index contributed by atoms with van der Waals surface area (Å²) in [5.41, 5.74) is 0.103. The molecule has 2 fully saturated rings. The molecule has 0 radical (unpaired) electrons. The summed E-state index contributed by atoms with van der Waals surface area (Å²) in [6, 6.07) is 0. The highest BCUT2D eigenvalue weighted by Crippen LogP contribution is 2.41. The van der Waals surface area contributed by atoms with Gasteiger partial charge in [0.15, 0.2) is 0 Å². The Bertz CT molecular complexity index is 223.